The number of hydrogen-bond acceptors (Lipinski definition) is 1. The summed E-state index contributed by atoms with van der Waals surface area (Å²) in [5.41, 5.74) is 1.27. The minimum Gasteiger partial charge on any atom is -0.481 e. The largest absolute Gasteiger partial charge is 0.481 e. The summed E-state index contributed by atoms with van der Waals surface area (Å²) < 4.78 is 0. The molecular weight excluding hydrogens is 248 g/mol. The third-order valence-corrected chi connectivity index (χ3v) is 6.19. The van der Waals surface area contributed by atoms with E-state index in [2.05, 4.69) is 37.3 Å². The van der Waals surface area contributed by atoms with E-state index in [1.807, 2.05) is 0 Å². The summed E-state index contributed by atoms with van der Waals surface area (Å²) in [6.07, 6.45) is 6.26. The minimum absolute atomic E-state index is 0.119. The first-order valence-corrected chi connectivity index (χ1v) is 7.75. The average Bonchev–Trinajstić information content (AvgIpc) is 2.37. The highest BCUT2D eigenvalue weighted by Gasteiger charge is 2.64. The molecule has 2 unspecified atom stereocenters. The number of rotatable bonds is 2. The smallest absolute Gasteiger partial charge is 0.309 e. The van der Waals surface area contributed by atoms with Gasteiger partial charge in [0.2, 0.25) is 0 Å². The summed E-state index contributed by atoms with van der Waals surface area (Å²) in [7, 11) is 0. The van der Waals surface area contributed by atoms with Crippen LogP contribution in [0, 0.1) is 16.7 Å². The van der Waals surface area contributed by atoms with Crippen molar-refractivity contribution in [2.45, 2.75) is 50.9 Å². The van der Waals surface area contributed by atoms with Gasteiger partial charge in [0.1, 0.15) is 0 Å². The second-order valence-electron chi connectivity index (χ2n) is 8.05. The molecule has 1 aromatic carbocycles. The zero-order valence-corrected chi connectivity index (χ0v) is 12.1. The highest BCUT2D eigenvalue weighted by atomic mass is 16.4. The Morgan fingerprint density at radius 3 is 2.50 bits per heavy atom. The highest BCUT2D eigenvalue weighted by Crippen LogP contribution is 2.69. The van der Waals surface area contributed by atoms with Crippen molar-refractivity contribution in [3.63, 3.8) is 0 Å². The van der Waals surface area contributed by atoms with E-state index >= 15 is 0 Å². The third-order valence-electron chi connectivity index (χ3n) is 6.19. The minimum atomic E-state index is -0.548. The SMILES string of the molecule is C[C@]12CC3CC(C(=O)O)(C1)C[C@@](c1ccccc1)(C3)C2. The molecule has 2 heteroatoms. The standard InChI is InChI=1S/C18H22O2/c1-16-7-13-8-17(10-16,14-5-3-2-4-6-14)12-18(9-13,11-16)15(19)20/h2-6,13H,7-12H2,1H3,(H,19,20)/t13?,16-,17-,18?/m1/s1. The van der Waals surface area contributed by atoms with Crippen LogP contribution in [0.25, 0.3) is 0 Å². The number of carboxylic acids is 1. The van der Waals surface area contributed by atoms with Crippen LogP contribution in [0.2, 0.25) is 0 Å². The quantitative estimate of drug-likeness (QED) is 0.882. The lowest BCUT2D eigenvalue weighted by Gasteiger charge is -2.64. The van der Waals surface area contributed by atoms with Crippen LogP contribution >= 0.6 is 0 Å². The summed E-state index contributed by atoms with van der Waals surface area (Å²) in [6, 6.07) is 10.7. The summed E-state index contributed by atoms with van der Waals surface area (Å²) in [6.45, 7) is 2.33. The molecule has 5 rings (SSSR count). The zero-order chi connectivity index (χ0) is 14.0. The fourth-order valence-electron chi connectivity index (χ4n) is 6.27. The van der Waals surface area contributed by atoms with Gasteiger partial charge >= 0.3 is 5.97 Å². The number of aliphatic carboxylic acids is 1. The van der Waals surface area contributed by atoms with Crippen LogP contribution in [-0.2, 0) is 10.2 Å². The number of carbonyl (C=O) groups is 1. The summed E-state index contributed by atoms with van der Waals surface area (Å²) >= 11 is 0. The van der Waals surface area contributed by atoms with E-state index in [9.17, 15) is 9.90 Å². The van der Waals surface area contributed by atoms with Crippen molar-refractivity contribution in [1.82, 2.24) is 0 Å². The van der Waals surface area contributed by atoms with Gasteiger partial charge in [0, 0.05) is 0 Å². The molecule has 0 saturated heterocycles. The number of benzene rings is 1. The van der Waals surface area contributed by atoms with Crippen molar-refractivity contribution < 1.29 is 9.90 Å². The molecule has 4 aliphatic rings. The first kappa shape index (κ1) is 12.4. The Balaban J connectivity index is 1.85. The van der Waals surface area contributed by atoms with Crippen molar-refractivity contribution in [2.75, 3.05) is 0 Å². The van der Waals surface area contributed by atoms with Crippen LogP contribution in [0.4, 0.5) is 0 Å². The van der Waals surface area contributed by atoms with E-state index in [0.29, 0.717) is 5.92 Å². The molecule has 4 aliphatic carbocycles. The molecular formula is C18H22O2. The van der Waals surface area contributed by atoms with Gasteiger partial charge in [0.05, 0.1) is 5.41 Å². The van der Waals surface area contributed by atoms with Gasteiger partial charge in [-0.1, -0.05) is 37.3 Å². The monoisotopic (exact) mass is 270 g/mol. The third kappa shape index (κ3) is 1.54. The molecule has 0 aliphatic heterocycles. The van der Waals surface area contributed by atoms with Gasteiger partial charge in [-0.05, 0) is 60.8 Å². The Kier molecular flexibility index (Phi) is 2.28. The van der Waals surface area contributed by atoms with Crippen molar-refractivity contribution >= 4 is 5.97 Å². The van der Waals surface area contributed by atoms with Gasteiger partial charge in [0.25, 0.3) is 0 Å². The van der Waals surface area contributed by atoms with E-state index in [-0.39, 0.29) is 10.8 Å². The molecule has 2 nitrogen and oxygen atoms in total. The van der Waals surface area contributed by atoms with Crippen molar-refractivity contribution in [1.29, 1.82) is 0 Å². The van der Waals surface area contributed by atoms with Crippen molar-refractivity contribution in [2.24, 2.45) is 16.7 Å². The Morgan fingerprint density at radius 1 is 1.10 bits per heavy atom. The van der Waals surface area contributed by atoms with Crippen LogP contribution in [-0.4, -0.2) is 11.1 Å². The molecule has 0 heterocycles. The normalized spacial score (nSPS) is 45.5. The zero-order valence-electron chi connectivity index (χ0n) is 12.1. The summed E-state index contributed by atoms with van der Waals surface area (Å²) in [4.78, 5) is 12.0. The maximum Gasteiger partial charge on any atom is 0.309 e. The van der Waals surface area contributed by atoms with E-state index in [1.165, 1.54) is 24.8 Å². The second-order valence-corrected chi connectivity index (χ2v) is 8.05. The Labute approximate surface area is 120 Å². The molecule has 0 radical (unpaired) electrons. The van der Waals surface area contributed by atoms with Gasteiger partial charge in [0.15, 0.2) is 0 Å². The molecule has 106 valence electrons. The van der Waals surface area contributed by atoms with E-state index in [4.69, 9.17) is 0 Å². The number of carboxylic acid groups (broad SMARTS) is 1. The topological polar surface area (TPSA) is 37.3 Å². The van der Waals surface area contributed by atoms with Gasteiger partial charge in [-0.2, -0.15) is 0 Å². The molecule has 0 amide bonds. The van der Waals surface area contributed by atoms with Gasteiger partial charge in [-0.3, -0.25) is 4.79 Å². The molecule has 0 aromatic heterocycles. The van der Waals surface area contributed by atoms with Gasteiger partial charge in [-0.25, -0.2) is 0 Å². The fourth-order valence-corrected chi connectivity index (χ4v) is 6.27. The molecule has 1 N–H and O–H groups in total. The Hall–Kier alpha value is -1.31. The maximum absolute atomic E-state index is 12.0. The first-order valence-electron chi connectivity index (χ1n) is 7.75. The molecule has 4 atom stereocenters. The molecule has 4 saturated carbocycles. The van der Waals surface area contributed by atoms with Crippen LogP contribution < -0.4 is 0 Å². The predicted molar refractivity (Wildman–Crippen MR) is 77.5 cm³/mol. The second kappa shape index (κ2) is 3.66. The number of hydrogen-bond donors (Lipinski definition) is 1. The lowest BCUT2D eigenvalue weighted by atomic mass is 9.39. The van der Waals surface area contributed by atoms with Gasteiger partial charge in [-0.15, -0.1) is 0 Å². The Morgan fingerprint density at radius 2 is 1.85 bits per heavy atom. The van der Waals surface area contributed by atoms with E-state index in [0.717, 1.165) is 19.3 Å². The predicted octanol–water partition coefficient (Wildman–Crippen LogP) is 4.00. The fraction of sp³-hybridized carbons (Fsp3) is 0.611. The first-order chi connectivity index (χ1) is 9.46. The molecule has 1 aromatic rings. The van der Waals surface area contributed by atoms with Crippen molar-refractivity contribution in [3.8, 4) is 0 Å². The molecule has 4 bridgehead atoms. The van der Waals surface area contributed by atoms with Gasteiger partial charge < -0.3 is 5.11 Å². The summed E-state index contributed by atoms with van der Waals surface area (Å²) in [5, 5.41) is 9.85. The lowest BCUT2D eigenvalue weighted by Crippen LogP contribution is -2.60. The average molecular weight is 270 g/mol. The van der Waals surface area contributed by atoms with Crippen molar-refractivity contribution in [3.05, 3.63) is 35.9 Å². The van der Waals surface area contributed by atoms with Crippen LogP contribution in [0.1, 0.15) is 51.0 Å². The molecule has 20 heavy (non-hydrogen) atoms. The lowest BCUT2D eigenvalue weighted by molar-refractivity contribution is -0.176. The van der Waals surface area contributed by atoms with E-state index < -0.39 is 11.4 Å². The van der Waals surface area contributed by atoms with E-state index in [1.54, 1.807) is 0 Å². The van der Waals surface area contributed by atoms with Crippen LogP contribution in [0.5, 0.6) is 0 Å². The molecule has 4 fully saturated rings. The maximum atomic E-state index is 12.0. The molecule has 0 spiro atoms. The van der Waals surface area contributed by atoms with Crippen LogP contribution in [0.15, 0.2) is 30.3 Å². The summed E-state index contributed by atoms with van der Waals surface area (Å²) in [5.74, 6) is 0.0562. The Bertz CT molecular complexity index is 566. The highest BCUT2D eigenvalue weighted by molar-refractivity contribution is 5.76. The van der Waals surface area contributed by atoms with Crippen LogP contribution in [0.3, 0.4) is 0 Å².